The van der Waals surface area contributed by atoms with Crippen LogP contribution in [0.25, 0.3) is 0 Å². The normalized spacial score (nSPS) is 12.7. The Balaban J connectivity index is 1.74. The molecule has 6 heteroatoms. The maximum atomic E-state index is 5.26. The lowest BCUT2D eigenvalue weighted by molar-refractivity contribution is 0.374. The van der Waals surface area contributed by atoms with Gasteiger partial charge in [-0.3, -0.25) is 4.99 Å². The van der Waals surface area contributed by atoms with E-state index in [1.165, 1.54) is 5.56 Å². The van der Waals surface area contributed by atoms with Gasteiger partial charge in [0.15, 0.2) is 11.7 Å². The molecular weight excluding hydrogens is 316 g/mol. The van der Waals surface area contributed by atoms with E-state index in [1.807, 2.05) is 18.2 Å². The lowest BCUT2D eigenvalue weighted by atomic mass is 9.98. The zero-order chi connectivity index (χ0) is 18.1. The number of nitrogens with zero attached hydrogens (tertiary/aromatic N) is 2. The Hall–Kier alpha value is -2.50. The van der Waals surface area contributed by atoms with Crippen molar-refractivity contribution in [3.8, 4) is 5.75 Å². The molecule has 6 nitrogen and oxygen atoms in total. The molecular formula is C19H28N4O2. The molecule has 1 atom stereocenters. The summed E-state index contributed by atoms with van der Waals surface area (Å²) in [5.41, 5.74) is 2.27. The molecule has 0 fully saturated rings. The number of aliphatic imine (C=N–C) groups is 1. The van der Waals surface area contributed by atoms with Crippen LogP contribution in [0.1, 0.15) is 43.2 Å². The van der Waals surface area contributed by atoms with E-state index in [1.54, 1.807) is 14.2 Å². The molecule has 2 aromatic rings. The van der Waals surface area contributed by atoms with Gasteiger partial charge in [-0.1, -0.05) is 31.1 Å². The van der Waals surface area contributed by atoms with E-state index >= 15 is 0 Å². The van der Waals surface area contributed by atoms with E-state index in [9.17, 15) is 0 Å². The summed E-state index contributed by atoms with van der Waals surface area (Å²) in [6, 6.07) is 10.2. The first kappa shape index (κ1) is 18.8. The molecule has 0 amide bonds. The number of guanidine groups is 1. The monoisotopic (exact) mass is 344 g/mol. The van der Waals surface area contributed by atoms with E-state index < -0.39 is 0 Å². The summed E-state index contributed by atoms with van der Waals surface area (Å²) < 4.78 is 10.5. The Kier molecular flexibility index (Phi) is 7.32. The van der Waals surface area contributed by atoms with Crippen LogP contribution in [0.2, 0.25) is 0 Å². The van der Waals surface area contributed by atoms with Crippen LogP contribution in [0.4, 0.5) is 0 Å². The highest BCUT2D eigenvalue weighted by atomic mass is 16.5. The lowest BCUT2D eigenvalue weighted by Gasteiger charge is -2.15. The summed E-state index contributed by atoms with van der Waals surface area (Å²) in [6.07, 6.45) is 1.88. The molecule has 0 spiro atoms. The van der Waals surface area contributed by atoms with Gasteiger partial charge in [-0.15, -0.1) is 0 Å². The van der Waals surface area contributed by atoms with Crippen molar-refractivity contribution in [1.82, 2.24) is 15.8 Å². The highest BCUT2D eigenvalue weighted by molar-refractivity contribution is 5.79. The Morgan fingerprint density at radius 3 is 2.64 bits per heavy atom. The highest BCUT2D eigenvalue weighted by Crippen LogP contribution is 2.21. The molecule has 2 rings (SSSR count). The second-order valence-electron chi connectivity index (χ2n) is 5.95. The SMILES string of the molecule is CCc1cc(CNC(=NC)NCCC(C)c2ccc(OC)cc2)on1. The molecule has 1 heterocycles. The van der Waals surface area contributed by atoms with E-state index in [2.05, 4.69) is 46.8 Å². The number of nitrogens with one attached hydrogen (secondary N) is 2. The molecule has 25 heavy (non-hydrogen) atoms. The predicted octanol–water partition coefficient (Wildman–Crippen LogP) is 3.10. The van der Waals surface area contributed by atoms with Gasteiger partial charge >= 0.3 is 0 Å². The van der Waals surface area contributed by atoms with Crippen molar-refractivity contribution in [2.24, 2.45) is 4.99 Å². The molecule has 1 unspecified atom stereocenters. The number of hydrogen-bond acceptors (Lipinski definition) is 4. The molecule has 1 aromatic heterocycles. The van der Waals surface area contributed by atoms with E-state index in [4.69, 9.17) is 9.26 Å². The van der Waals surface area contributed by atoms with Crippen molar-refractivity contribution in [3.63, 3.8) is 0 Å². The largest absolute Gasteiger partial charge is 0.497 e. The number of methoxy groups -OCH3 is 1. The highest BCUT2D eigenvalue weighted by Gasteiger charge is 2.07. The van der Waals surface area contributed by atoms with Crippen molar-refractivity contribution in [1.29, 1.82) is 0 Å². The van der Waals surface area contributed by atoms with Crippen molar-refractivity contribution >= 4 is 5.96 Å². The zero-order valence-electron chi connectivity index (χ0n) is 15.5. The smallest absolute Gasteiger partial charge is 0.191 e. The fraction of sp³-hybridized carbons (Fsp3) is 0.474. The molecule has 0 bridgehead atoms. The van der Waals surface area contributed by atoms with Gasteiger partial charge in [0, 0.05) is 19.7 Å². The summed E-state index contributed by atoms with van der Waals surface area (Å²) in [6.45, 7) is 5.68. The Bertz CT molecular complexity index is 664. The van der Waals surface area contributed by atoms with Crippen LogP contribution >= 0.6 is 0 Å². The van der Waals surface area contributed by atoms with Crippen LogP contribution in [0.15, 0.2) is 39.8 Å². The number of benzene rings is 1. The fourth-order valence-electron chi connectivity index (χ4n) is 2.50. The first-order valence-corrected chi connectivity index (χ1v) is 8.69. The molecule has 0 radical (unpaired) electrons. The number of rotatable bonds is 8. The minimum absolute atomic E-state index is 0.456. The predicted molar refractivity (Wildman–Crippen MR) is 100 cm³/mol. The van der Waals surface area contributed by atoms with Crippen LogP contribution in [0.3, 0.4) is 0 Å². The molecule has 0 aliphatic carbocycles. The van der Waals surface area contributed by atoms with Gasteiger partial charge in [-0.25, -0.2) is 0 Å². The quantitative estimate of drug-likeness (QED) is 0.569. The minimum atomic E-state index is 0.456. The molecule has 1 aromatic carbocycles. The van der Waals surface area contributed by atoms with E-state index in [-0.39, 0.29) is 0 Å². The summed E-state index contributed by atoms with van der Waals surface area (Å²) >= 11 is 0. The van der Waals surface area contributed by atoms with Crippen LogP contribution in [-0.2, 0) is 13.0 Å². The van der Waals surface area contributed by atoms with Crippen molar-refractivity contribution in [2.75, 3.05) is 20.7 Å². The third kappa shape index (κ3) is 5.81. The Labute approximate surface area is 149 Å². The standard InChI is InChI=1S/C19H28N4O2/c1-5-16-12-18(25-23-16)13-22-19(20-3)21-11-10-14(2)15-6-8-17(24-4)9-7-15/h6-9,12,14H,5,10-11,13H2,1-4H3,(H2,20,21,22). The number of hydrogen-bond donors (Lipinski definition) is 2. The van der Waals surface area contributed by atoms with Crippen molar-refractivity contribution < 1.29 is 9.26 Å². The van der Waals surface area contributed by atoms with Crippen LogP contribution < -0.4 is 15.4 Å². The second kappa shape index (κ2) is 9.71. The van der Waals surface area contributed by atoms with Crippen LogP contribution in [-0.4, -0.2) is 31.8 Å². The summed E-state index contributed by atoms with van der Waals surface area (Å²) in [5.74, 6) is 2.91. The van der Waals surface area contributed by atoms with E-state index in [0.29, 0.717) is 12.5 Å². The van der Waals surface area contributed by atoms with Crippen molar-refractivity contribution in [2.45, 2.75) is 39.2 Å². The Morgan fingerprint density at radius 2 is 2.04 bits per heavy atom. The topological polar surface area (TPSA) is 71.7 Å². The lowest BCUT2D eigenvalue weighted by Crippen LogP contribution is -2.37. The average Bonchev–Trinajstić information content (AvgIpc) is 3.12. The summed E-state index contributed by atoms with van der Waals surface area (Å²) in [5, 5.41) is 10.6. The first-order chi connectivity index (χ1) is 12.2. The first-order valence-electron chi connectivity index (χ1n) is 8.69. The van der Waals surface area contributed by atoms with Gasteiger partial charge in [0.05, 0.1) is 19.3 Å². The van der Waals surface area contributed by atoms with Crippen LogP contribution in [0, 0.1) is 0 Å². The minimum Gasteiger partial charge on any atom is -0.497 e. The molecule has 2 N–H and O–H groups in total. The third-order valence-electron chi connectivity index (χ3n) is 4.18. The van der Waals surface area contributed by atoms with E-state index in [0.717, 1.165) is 42.5 Å². The maximum absolute atomic E-state index is 5.26. The molecule has 0 aliphatic heterocycles. The zero-order valence-corrected chi connectivity index (χ0v) is 15.5. The Morgan fingerprint density at radius 1 is 1.28 bits per heavy atom. The number of ether oxygens (including phenoxy) is 1. The van der Waals surface area contributed by atoms with Crippen LogP contribution in [0.5, 0.6) is 5.75 Å². The number of aromatic nitrogens is 1. The van der Waals surface area contributed by atoms with Gasteiger partial charge in [-0.05, 0) is 36.5 Å². The van der Waals surface area contributed by atoms with Gasteiger partial charge in [0.1, 0.15) is 5.75 Å². The maximum Gasteiger partial charge on any atom is 0.191 e. The molecule has 0 aliphatic rings. The molecule has 0 saturated heterocycles. The van der Waals surface area contributed by atoms with Gasteiger partial charge in [0.2, 0.25) is 0 Å². The van der Waals surface area contributed by atoms with Gasteiger partial charge in [-0.2, -0.15) is 0 Å². The fourth-order valence-corrected chi connectivity index (χ4v) is 2.50. The molecule has 0 saturated carbocycles. The molecule has 136 valence electrons. The van der Waals surface area contributed by atoms with Crippen molar-refractivity contribution in [3.05, 3.63) is 47.3 Å². The number of aryl methyl sites for hydroxylation is 1. The van der Waals surface area contributed by atoms with Gasteiger partial charge in [0.25, 0.3) is 0 Å². The summed E-state index contributed by atoms with van der Waals surface area (Å²) in [4.78, 5) is 4.24. The average molecular weight is 344 g/mol. The summed E-state index contributed by atoms with van der Waals surface area (Å²) in [7, 11) is 3.45. The van der Waals surface area contributed by atoms with Gasteiger partial charge < -0.3 is 19.9 Å². The second-order valence-corrected chi connectivity index (χ2v) is 5.95. The third-order valence-corrected chi connectivity index (χ3v) is 4.18.